The molecule has 74 valence electrons. The molecule has 0 aromatic rings. The number of hydrogen-bond donors (Lipinski definition) is 2. The van der Waals surface area contributed by atoms with E-state index >= 15 is 0 Å². The first-order valence-corrected chi connectivity index (χ1v) is 4.33. The van der Waals surface area contributed by atoms with Crippen molar-refractivity contribution in [2.24, 2.45) is 5.92 Å². The Morgan fingerprint density at radius 3 is 2.54 bits per heavy atom. The lowest BCUT2D eigenvalue weighted by molar-refractivity contribution is -0.150. The van der Waals surface area contributed by atoms with Crippen molar-refractivity contribution in [3.8, 4) is 0 Å². The second-order valence-electron chi connectivity index (χ2n) is 3.13. The zero-order chi connectivity index (χ0) is 9.68. The van der Waals surface area contributed by atoms with E-state index in [0.717, 1.165) is 25.7 Å². The Kier molecular flexibility index (Phi) is 3.70. The van der Waals surface area contributed by atoms with E-state index < -0.39 is 12.6 Å². The summed E-state index contributed by atoms with van der Waals surface area (Å²) in [6.07, 6.45) is 3.89. The second kappa shape index (κ2) is 4.81. The summed E-state index contributed by atoms with van der Waals surface area (Å²) in [7, 11) is 0. The summed E-state index contributed by atoms with van der Waals surface area (Å²) < 4.78 is 0. The van der Waals surface area contributed by atoms with E-state index in [4.69, 9.17) is 5.11 Å². The van der Waals surface area contributed by atoms with Gasteiger partial charge in [-0.05, 0) is 12.8 Å². The zero-order valence-electron chi connectivity index (χ0n) is 7.28. The maximum atomic E-state index is 11.2. The first kappa shape index (κ1) is 9.98. The number of aliphatic carboxylic acids is 1. The van der Waals surface area contributed by atoms with Crippen LogP contribution in [0.1, 0.15) is 25.7 Å². The summed E-state index contributed by atoms with van der Waals surface area (Å²) in [5.74, 6) is -1.28. The molecule has 0 unspecified atom stereocenters. The van der Waals surface area contributed by atoms with E-state index in [-0.39, 0.29) is 11.8 Å². The number of nitrogens with one attached hydrogen (secondary N) is 1. The molecule has 0 aliphatic heterocycles. The Hall–Kier alpha value is -1.10. The van der Waals surface area contributed by atoms with E-state index in [1.165, 1.54) is 0 Å². The van der Waals surface area contributed by atoms with Crippen LogP contribution in [0.5, 0.6) is 0 Å². The van der Waals surface area contributed by atoms with Gasteiger partial charge in [0.05, 0.1) is 0 Å². The molecule has 1 fully saturated rings. The van der Waals surface area contributed by atoms with Crippen LogP contribution in [0, 0.1) is 5.92 Å². The van der Waals surface area contributed by atoms with Crippen LogP contribution < -0.4 is 5.48 Å². The minimum Gasteiger partial charge on any atom is -0.479 e. The van der Waals surface area contributed by atoms with Crippen molar-refractivity contribution in [3.05, 3.63) is 0 Å². The van der Waals surface area contributed by atoms with Gasteiger partial charge >= 0.3 is 5.97 Å². The first-order valence-electron chi connectivity index (χ1n) is 4.33. The Morgan fingerprint density at radius 1 is 1.38 bits per heavy atom. The minimum absolute atomic E-state index is 0.00814. The van der Waals surface area contributed by atoms with Gasteiger partial charge in [-0.2, -0.15) is 0 Å². The van der Waals surface area contributed by atoms with E-state index in [1.807, 2.05) is 0 Å². The summed E-state index contributed by atoms with van der Waals surface area (Å²) in [4.78, 5) is 25.7. The number of carbonyl (C=O) groups is 2. The molecular weight excluding hydrogens is 174 g/mol. The first-order chi connectivity index (χ1) is 6.20. The standard InChI is InChI=1S/C8H13NO4/c10-7(11)5-13-9-8(12)6-3-1-2-4-6/h6H,1-5H2,(H,9,12)(H,10,11). The molecule has 1 amide bonds. The van der Waals surface area contributed by atoms with Gasteiger partial charge in [-0.15, -0.1) is 0 Å². The van der Waals surface area contributed by atoms with Crippen LogP contribution in [0.4, 0.5) is 0 Å². The molecule has 5 nitrogen and oxygen atoms in total. The third kappa shape index (κ3) is 3.42. The maximum absolute atomic E-state index is 11.2. The highest BCUT2D eigenvalue weighted by Gasteiger charge is 2.22. The Balaban J connectivity index is 2.13. The van der Waals surface area contributed by atoms with Gasteiger partial charge in [-0.25, -0.2) is 10.3 Å². The maximum Gasteiger partial charge on any atom is 0.332 e. The predicted octanol–water partition coefficient (Wildman–Crippen LogP) is 0.309. The molecule has 0 bridgehead atoms. The normalized spacial score (nSPS) is 17.2. The second-order valence-corrected chi connectivity index (χ2v) is 3.13. The topological polar surface area (TPSA) is 75.6 Å². The van der Waals surface area contributed by atoms with Crippen LogP contribution in [0.15, 0.2) is 0 Å². The average Bonchev–Trinajstić information content (AvgIpc) is 2.55. The van der Waals surface area contributed by atoms with Crippen molar-refractivity contribution in [3.63, 3.8) is 0 Å². The lowest BCUT2D eigenvalue weighted by atomic mass is 10.1. The van der Waals surface area contributed by atoms with Crippen molar-refractivity contribution >= 4 is 11.9 Å². The summed E-state index contributed by atoms with van der Waals surface area (Å²) in [5.41, 5.74) is 2.14. The molecule has 0 atom stereocenters. The van der Waals surface area contributed by atoms with Gasteiger partial charge in [0.1, 0.15) is 0 Å². The van der Waals surface area contributed by atoms with E-state index in [0.29, 0.717) is 0 Å². The number of carboxylic acids is 1. The largest absolute Gasteiger partial charge is 0.479 e. The molecule has 5 heteroatoms. The van der Waals surface area contributed by atoms with Crippen LogP contribution in [-0.2, 0) is 14.4 Å². The fraction of sp³-hybridized carbons (Fsp3) is 0.750. The molecule has 1 aliphatic rings. The summed E-state index contributed by atoms with van der Waals surface area (Å²) in [6.45, 7) is -0.488. The minimum atomic E-state index is -1.09. The molecule has 0 radical (unpaired) electrons. The van der Waals surface area contributed by atoms with Crippen LogP contribution in [0.3, 0.4) is 0 Å². The van der Waals surface area contributed by atoms with Gasteiger partial charge in [-0.3, -0.25) is 9.63 Å². The number of rotatable bonds is 4. The Labute approximate surface area is 76.0 Å². The highest BCUT2D eigenvalue weighted by atomic mass is 16.7. The van der Waals surface area contributed by atoms with Gasteiger partial charge < -0.3 is 5.11 Å². The van der Waals surface area contributed by atoms with E-state index in [2.05, 4.69) is 10.3 Å². The summed E-state index contributed by atoms with van der Waals surface area (Å²) in [6, 6.07) is 0. The number of hydroxylamine groups is 1. The molecule has 0 saturated heterocycles. The highest BCUT2D eigenvalue weighted by molar-refractivity contribution is 5.78. The Bertz CT molecular complexity index is 198. The Morgan fingerprint density at radius 2 is 2.00 bits per heavy atom. The van der Waals surface area contributed by atoms with Crippen LogP contribution >= 0.6 is 0 Å². The molecular formula is C8H13NO4. The smallest absolute Gasteiger partial charge is 0.332 e. The lowest BCUT2D eigenvalue weighted by Gasteiger charge is -2.08. The number of carbonyl (C=O) groups excluding carboxylic acids is 1. The SMILES string of the molecule is O=C(O)CONC(=O)C1CCCC1. The van der Waals surface area contributed by atoms with Gasteiger partial charge in [0.2, 0.25) is 5.91 Å². The average molecular weight is 187 g/mol. The molecule has 0 aromatic heterocycles. The molecule has 0 heterocycles. The van der Waals surface area contributed by atoms with Crippen molar-refractivity contribution in [1.82, 2.24) is 5.48 Å². The molecule has 1 rings (SSSR count). The van der Waals surface area contributed by atoms with Crippen molar-refractivity contribution in [2.75, 3.05) is 6.61 Å². The van der Waals surface area contributed by atoms with Gasteiger partial charge in [0.15, 0.2) is 6.61 Å². The molecule has 2 N–H and O–H groups in total. The molecule has 1 aliphatic carbocycles. The van der Waals surface area contributed by atoms with Gasteiger partial charge in [0.25, 0.3) is 0 Å². The fourth-order valence-corrected chi connectivity index (χ4v) is 1.44. The van der Waals surface area contributed by atoms with Crippen molar-refractivity contribution in [1.29, 1.82) is 0 Å². The highest BCUT2D eigenvalue weighted by Crippen LogP contribution is 2.24. The van der Waals surface area contributed by atoms with E-state index in [1.54, 1.807) is 0 Å². The van der Waals surface area contributed by atoms with Crippen LogP contribution in [0.2, 0.25) is 0 Å². The number of carboxylic acid groups (broad SMARTS) is 1. The number of amides is 1. The third-order valence-electron chi connectivity index (χ3n) is 2.09. The molecule has 13 heavy (non-hydrogen) atoms. The summed E-state index contributed by atoms with van der Waals surface area (Å²) >= 11 is 0. The van der Waals surface area contributed by atoms with E-state index in [9.17, 15) is 9.59 Å². The predicted molar refractivity (Wildman–Crippen MR) is 43.7 cm³/mol. The fourth-order valence-electron chi connectivity index (χ4n) is 1.44. The molecule has 1 saturated carbocycles. The van der Waals surface area contributed by atoms with Crippen molar-refractivity contribution < 1.29 is 19.5 Å². The molecule has 0 aromatic carbocycles. The van der Waals surface area contributed by atoms with Gasteiger partial charge in [-0.1, -0.05) is 12.8 Å². The third-order valence-corrected chi connectivity index (χ3v) is 2.09. The van der Waals surface area contributed by atoms with Crippen LogP contribution in [-0.4, -0.2) is 23.6 Å². The van der Waals surface area contributed by atoms with Crippen LogP contribution in [0.25, 0.3) is 0 Å². The van der Waals surface area contributed by atoms with Crippen molar-refractivity contribution in [2.45, 2.75) is 25.7 Å². The zero-order valence-corrected chi connectivity index (χ0v) is 7.28. The quantitative estimate of drug-likeness (QED) is 0.621. The summed E-state index contributed by atoms with van der Waals surface area (Å²) in [5, 5.41) is 8.22. The molecule has 0 spiro atoms. The lowest BCUT2D eigenvalue weighted by Crippen LogP contribution is -2.31. The monoisotopic (exact) mass is 187 g/mol. The van der Waals surface area contributed by atoms with Gasteiger partial charge in [0, 0.05) is 5.92 Å². The number of hydrogen-bond acceptors (Lipinski definition) is 3.